The molecular weight excluding hydrogens is 291 g/mol. The Hall–Kier alpha value is -0.920. The van der Waals surface area contributed by atoms with Gasteiger partial charge in [-0.25, -0.2) is 0 Å². The summed E-state index contributed by atoms with van der Waals surface area (Å²) in [5, 5.41) is 13.2. The molecule has 0 aromatic heterocycles. The SMILES string of the molecule is OC(CNC1CCSC1)c1ccc(OC(F)(F)F)cc1. The number of benzene rings is 1. The van der Waals surface area contributed by atoms with Gasteiger partial charge < -0.3 is 15.2 Å². The minimum Gasteiger partial charge on any atom is -0.406 e. The highest BCUT2D eigenvalue weighted by molar-refractivity contribution is 7.99. The molecule has 1 saturated heterocycles. The van der Waals surface area contributed by atoms with Gasteiger partial charge in [0.25, 0.3) is 0 Å². The van der Waals surface area contributed by atoms with E-state index < -0.39 is 12.5 Å². The average Bonchev–Trinajstić information content (AvgIpc) is 2.88. The van der Waals surface area contributed by atoms with Crippen LogP contribution in [-0.4, -0.2) is 35.6 Å². The molecule has 2 unspecified atom stereocenters. The Morgan fingerprint density at radius 2 is 2.05 bits per heavy atom. The minimum atomic E-state index is -4.69. The van der Waals surface area contributed by atoms with E-state index in [0.717, 1.165) is 17.9 Å². The van der Waals surface area contributed by atoms with Gasteiger partial charge in [0, 0.05) is 18.3 Å². The number of ether oxygens (including phenoxy) is 1. The monoisotopic (exact) mass is 307 g/mol. The summed E-state index contributed by atoms with van der Waals surface area (Å²) in [5.41, 5.74) is 0.567. The van der Waals surface area contributed by atoms with Crippen molar-refractivity contribution in [2.45, 2.75) is 24.9 Å². The fourth-order valence-corrected chi connectivity index (χ4v) is 3.17. The van der Waals surface area contributed by atoms with Gasteiger partial charge in [0.05, 0.1) is 6.10 Å². The zero-order valence-electron chi connectivity index (χ0n) is 10.7. The molecule has 3 nitrogen and oxygen atoms in total. The first-order valence-electron chi connectivity index (χ1n) is 6.29. The quantitative estimate of drug-likeness (QED) is 0.878. The van der Waals surface area contributed by atoms with E-state index in [-0.39, 0.29) is 5.75 Å². The molecular formula is C13H16F3NO2S. The summed E-state index contributed by atoms with van der Waals surface area (Å²) in [7, 11) is 0. The molecule has 2 rings (SSSR count). The predicted octanol–water partition coefficient (Wildman–Crippen LogP) is 2.71. The van der Waals surface area contributed by atoms with Gasteiger partial charge in [-0.1, -0.05) is 12.1 Å². The first kappa shape index (κ1) is 15.5. The number of rotatable bonds is 5. The number of aliphatic hydroxyl groups is 1. The highest BCUT2D eigenvalue weighted by Gasteiger charge is 2.31. The van der Waals surface area contributed by atoms with Crippen molar-refractivity contribution in [3.63, 3.8) is 0 Å². The Kier molecular flexibility index (Phi) is 5.17. The highest BCUT2D eigenvalue weighted by Crippen LogP contribution is 2.24. The van der Waals surface area contributed by atoms with Crippen molar-refractivity contribution in [1.29, 1.82) is 0 Å². The molecule has 1 aliphatic heterocycles. The van der Waals surface area contributed by atoms with E-state index in [0.29, 0.717) is 18.2 Å². The molecule has 0 amide bonds. The molecule has 2 atom stereocenters. The van der Waals surface area contributed by atoms with Gasteiger partial charge in [-0.2, -0.15) is 11.8 Å². The van der Waals surface area contributed by atoms with E-state index >= 15 is 0 Å². The van der Waals surface area contributed by atoms with E-state index in [1.54, 1.807) is 0 Å². The maximum absolute atomic E-state index is 12.0. The van der Waals surface area contributed by atoms with E-state index in [4.69, 9.17) is 0 Å². The molecule has 0 spiro atoms. The zero-order valence-corrected chi connectivity index (χ0v) is 11.5. The molecule has 1 aromatic carbocycles. The lowest BCUT2D eigenvalue weighted by Gasteiger charge is -2.16. The van der Waals surface area contributed by atoms with Crippen LogP contribution in [0.4, 0.5) is 13.2 Å². The molecule has 1 aliphatic rings. The molecule has 1 aromatic rings. The van der Waals surface area contributed by atoms with Crippen LogP contribution < -0.4 is 10.1 Å². The van der Waals surface area contributed by atoms with Crippen LogP contribution >= 0.6 is 11.8 Å². The number of nitrogens with one attached hydrogen (secondary N) is 1. The summed E-state index contributed by atoms with van der Waals surface area (Å²) in [4.78, 5) is 0. The first-order chi connectivity index (χ1) is 9.44. The third-order valence-electron chi connectivity index (χ3n) is 3.03. The Labute approximate surface area is 119 Å². The summed E-state index contributed by atoms with van der Waals surface area (Å²) in [6.07, 6.45) is -4.35. The van der Waals surface area contributed by atoms with Crippen molar-refractivity contribution in [3.05, 3.63) is 29.8 Å². The Bertz CT molecular complexity index is 419. The molecule has 1 fully saturated rings. The van der Waals surface area contributed by atoms with Gasteiger partial charge in [-0.15, -0.1) is 13.2 Å². The summed E-state index contributed by atoms with van der Waals surface area (Å²) in [6, 6.07) is 5.70. The summed E-state index contributed by atoms with van der Waals surface area (Å²) in [5.74, 6) is 1.87. The van der Waals surface area contributed by atoms with Crippen LogP contribution in [0.25, 0.3) is 0 Å². The molecule has 0 bridgehead atoms. The maximum atomic E-state index is 12.0. The lowest BCUT2D eigenvalue weighted by Crippen LogP contribution is -2.32. The maximum Gasteiger partial charge on any atom is 0.573 e. The van der Waals surface area contributed by atoms with Gasteiger partial charge >= 0.3 is 6.36 Å². The smallest absolute Gasteiger partial charge is 0.406 e. The Balaban J connectivity index is 1.85. The van der Waals surface area contributed by atoms with Crippen molar-refractivity contribution in [2.24, 2.45) is 0 Å². The van der Waals surface area contributed by atoms with E-state index in [1.165, 1.54) is 24.3 Å². The summed E-state index contributed by atoms with van der Waals surface area (Å²) in [6.45, 7) is 0.394. The topological polar surface area (TPSA) is 41.5 Å². The van der Waals surface area contributed by atoms with Gasteiger partial charge in [0.2, 0.25) is 0 Å². The molecule has 0 aliphatic carbocycles. The second-order valence-electron chi connectivity index (χ2n) is 4.60. The van der Waals surface area contributed by atoms with Crippen molar-refractivity contribution >= 4 is 11.8 Å². The molecule has 0 saturated carbocycles. The highest BCUT2D eigenvalue weighted by atomic mass is 32.2. The van der Waals surface area contributed by atoms with E-state index in [9.17, 15) is 18.3 Å². The molecule has 7 heteroatoms. The van der Waals surface area contributed by atoms with Crippen molar-refractivity contribution in [2.75, 3.05) is 18.1 Å². The average molecular weight is 307 g/mol. The van der Waals surface area contributed by atoms with Crippen LogP contribution in [-0.2, 0) is 0 Å². The number of alkyl halides is 3. The third-order valence-corrected chi connectivity index (χ3v) is 4.19. The van der Waals surface area contributed by atoms with Crippen LogP contribution in [0.3, 0.4) is 0 Å². The van der Waals surface area contributed by atoms with Crippen LogP contribution in [0.1, 0.15) is 18.1 Å². The van der Waals surface area contributed by atoms with Crippen molar-refractivity contribution in [1.82, 2.24) is 5.32 Å². The predicted molar refractivity (Wildman–Crippen MR) is 71.8 cm³/mol. The number of thioether (sulfide) groups is 1. The van der Waals surface area contributed by atoms with Crippen LogP contribution in [0.5, 0.6) is 5.75 Å². The Morgan fingerprint density at radius 1 is 1.35 bits per heavy atom. The van der Waals surface area contributed by atoms with Gasteiger partial charge in [0.15, 0.2) is 0 Å². The number of halogens is 3. The largest absolute Gasteiger partial charge is 0.573 e. The molecule has 1 heterocycles. The van der Waals surface area contributed by atoms with Crippen LogP contribution in [0, 0.1) is 0 Å². The molecule has 0 radical (unpaired) electrons. The normalized spacial score (nSPS) is 20.9. The second-order valence-corrected chi connectivity index (χ2v) is 5.75. The van der Waals surface area contributed by atoms with E-state index in [1.807, 2.05) is 11.8 Å². The first-order valence-corrected chi connectivity index (χ1v) is 7.44. The minimum absolute atomic E-state index is 0.284. The molecule has 20 heavy (non-hydrogen) atoms. The number of aliphatic hydroxyl groups excluding tert-OH is 1. The van der Waals surface area contributed by atoms with Gasteiger partial charge in [0.1, 0.15) is 5.75 Å². The summed E-state index contributed by atoms with van der Waals surface area (Å²) >= 11 is 1.87. The van der Waals surface area contributed by atoms with Crippen molar-refractivity contribution < 1.29 is 23.0 Å². The van der Waals surface area contributed by atoms with Crippen LogP contribution in [0.15, 0.2) is 24.3 Å². The lowest BCUT2D eigenvalue weighted by molar-refractivity contribution is -0.274. The number of hydrogen-bond donors (Lipinski definition) is 2. The fourth-order valence-electron chi connectivity index (χ4n) is 1.98. The lowest BCUT2D eigenvalue weighted by atomic mass is 10.1. The fraction of sp³-hybridized carbons (Fsp3) is 0.538. The van der Waals surface area contributed by atoms with Crippen molar-refractivity contribution in [3.8, 4) is 5.75 Å². The second kappa shape index (κ2) is 6.69. The van der Waals surface area contributed by atoms with E-state index in [2.05, 4.69) is 10.1 Å². The molecule has 112 valence electrons. The zero-order chi connectivity index (χ0) is 14.6. The summed E-state index contributed by atoms with van der Waals surface area (Å²) < 4.78 is 39.8. The molecule has 2 N–H and O–H groups in total. The van der Waals surface area contributed by atoms with Gasteiger partial charge in [-0.05, 0) is 29.9 Å². The standard InChI is InChI=1S/C13H16F3NO2S/c14-13(15,16)19-11-3-1-9(2-4-11)12(18)7-17-10-5-6-20-8-10/h1-4,10,12,17-18H,5-8H2. The van der Waals surface area contributed by atoms with Crippen LogP contribution in [0.2, 0.25) is 0 Å². The number of hydrogen-bond acceptors (Lipinski definition) is 4. The third kappa shape index (κ3) is 4.88. The Morgan fingerprint density at radius 3 is 2.60 bits per heavy atom. The van der Waals surface area contributed by atoms with Gasteiger partial charge in [-0.3, -0.25) is 0 Å².